The summed E-state index contributed by atoms with van der Waals surface area (Å²) in [6.45, 7) is 4.52. The Bertz CT molecular complexity index is 481. The van der Waals surface area contributed by atoms with Crippen LogP contribution in [0.25, 0.3) is 0 Å². The monoisotopic (exact) mass is 326 g/mol. The zero-order chi connectivity index (χ0) is 15.2. The maximum Gasteiger partial charge on any atom is 0.223 e. The van der Waals surface area contributed by atoms with Gasteiger partial charge in [-0.25, -0.2) is 0 Å². The number of para-hydroxylation sites is 1. The molecular formula is C17H27ClN2O2. The van der Waals surface area contributed by atoms with Crippen molar-refractivity contribution in [3.05, 3.63) is 29.8 Å². The summed E-state index contributed by atoms with van der Waals surface area (Å²) in [6.07, 6.45) is 3.79. The number of nitrogens with one attached hydrogen (secondary N) is 1. The molecule has 1 amide bonds. The van der Waals surface area contributed by atoms with E-state index in [1.165, 1.54) is 0 Å². The largest absolute Gasteiger partial charge is 0.489 e. The van der Waals surface area contributed by atoms with E-state index in [1.54, 1.807) is 0 Å². The van der Waals surface area contributed by atoms with Gasteiger partial charge in [-0.3, -0.25) is 4.79 Å². The molecule has 0 aliphatic heterocycles. The second-order valence-corrected chi connectivity index (χ2v) is 6.06. The van der Waals surface area contributed by atoms with Crippen LogP contribution in [0.5, 0.6) is 5.75 Å². The third kappa shape index (κ3) is 5.50. The molecule has 0 radical (unpaired) electrons. The first kappa shape index (κ1) is 18.8. The summed E-state index contributed by atoms with van der Waals surface area (Å²) in [4.78, 5) is 12.1. The lowest BCUT2D eigenvalue weighted by atomic mass is 9.85. The van der Waals surface area contributed by atoms with E-state index in [9.17, 15) is 4.79 Å². The van der Waals surface area contributed by atoms with Gasteiger partial charge in [0, 0.05) is 12.0 Å². The van der Waals surface area contributed by atoms with Gasteiger partial charge in [-0.15, -0.1) is 12.4 Å². The summed E-state index contributed by atoms with van der Waals surface area (Å²) in [5.74, 6) is 1.06. The number of nitrogens with two attached hydrogens (primary N) is 1. The molecule has 3 unspecified atom stereocenters. The number of rotatable bonds is 5. The van der Waals surface area contributed by atoms with Crippen molar-refractivity contribution in [3.8, 4) is 5.75 Å². The van der Waals surface area contributed by atoms with Crippen molar-refractivity contribution in [1.29, 1.82) is 0 Å². The Labute approximate surface area is 139 Å². The highest BCUT2D eigenvalue weighted by Gasteiger charge is 2.25. The second-order valence-electron chi connectivity index (χ2n) is 6.06. The van der Waals surface area contributed by atoms with Gasteiger partial charge in [0.05, 0.1) is 6.54 Å². The van der Waals surface area contributed by atoms with E-state index in [0.29, 0.717) is 6.54 Å². The van der Waals surface area contributed by atoms with Gasteiger partial charge in [-0.2, -0.15) is 0 Å². The maximum atomic E-state index is 12.1. The minimum Gasteiger partial charge on any atom is -0.489 e. The molecule has 1 aromatic carbocycles. The molecule has 3 N–H and O–H groups in total. The van der Waals surface area contributed by atoms with E-state index in [2.05, 4.69) is 5.32 Å². The van der Waals surface area contributed by atoms with Crippen LogP contribution in [-0.4, -0.2) is 24.6 Å². The zero-order valence-corrected chi connectivity index (χ0v) is 14.2. The fourth-order valence-corrected chi connectivity index (χ4v) is 2.80. The van der Waals surface area contributed by atoms with Gasteiger partial charge in [-0.05, 0) is 44.7 Å². The number of carbonyl (C=O) groups excluding carboxylic acids is 1. The molecule has 1 fully saturated rings. The van der Waals surface area contributed by atoms with Gasteiger partial charge < -0.3 is 15.8 Å². The summed E-state index contributed by atoms with van der Waals surface area (Å²) in [5.41, 5.74) is 7.04. The van der Waals surface area contributed by atoms with Crippen LogP contribution in [0, 0.1) is 12.8 Å². The number of aryl methyl sites for hydroxylation is 1. The molecule has 3 atom stereocenters. The fraction of sp³-hybridized carbons (Fsp3) is 0.588. The molecule has 0 spiro atoms. The van der Waals surface area contributed by atoms with Crippen molar-refractivity contribution in [2.75, 3.05) is 6.54 Å². The first-order chi connectivity index (χ1) is 10.1. The van der Waals surface area contributed by atoms with Crippen molar-refractivity contribution in [3.63, 3.8) is 0 Å². The predicted octanol–water partition coefficient (Wildman–Crippen LogP) is 2.82. The molecule has 1 aliphatic carbocycles. The number of carbonyl (C=O) groups is 1. The molecule has 1 aromatic rings. The summed E-state index contributed by atoms with van der Waals surface area (Å²) in [5, 5.41) is 2.99. The van der Waals surface area contributed by atoms with Gasteiger partial charge in [0.1, 0.15) is 11.9 Å². The standard InChI is InChI=1S/C17H26N2O2.ClH/c1-12-6-3-4-9-16(12)21-13(2)11-19-17(20)14-7-5-8-15(18)10-14;/h3-4,6,9,13-15H,5,7-8,10-11,18H2,1-2H3,(H,19,20);1H. The Morgan fingerprint density at radius 2 is 2.14 bits per heavy atom. The molecule has 22 heavy (non-hydrogen) atoms. The Hall–Kier alpha value is -1.26. The van der Waals surface area contributed by atoms with Crippen LogP contribution in [-0.2, 0) is 4.79 Å². The molecule has 4 nitrogen and oxygen atoms in total. The van der Waals surface area contributed by atoms with E-state index in [-0.39, 0.29) is 36.4 Å². The third-order valence-corrected chi connectivity index (χ3v) is 4.07. The molecule has 1 aliphatic rings. The maximum absolute atomic E-state index is 12.1. The number of hydrogen-bond donors (Lipinski definition) is 2. The van der Waals surface area contributed by atoms with E-state index in [4.69, 9.17) is 10.5 Å². The van der Waals surface area contributed by atoms with Gasteiger partial charge >= 0.3 is 0 Å². The lowest BCUT2D eigenvalue weighted by Crippen LogP contribution is -2.41. The van der Waals surface area contributed by atoms with Gasteiger partial charge in [0.25, 0.3) is 0 Å². The zero-order valence-electron chi connectivity index (χ0n) is 13.4. The van der Waals surface area contributed by atoms with Crippen LogP contribution in [0.15, 0.2) is 24.3 Å². The van der Waals surface area contributed by atoms with Crippen LogP contribution in [0.2, 0.25) is 0 Å². The molecular weight excluding hydrogens is 300 g/mol. The molecule has 5 heteroatoms. The van der Waals surface area contributed by atoms with Crippen molar-refractivity contribution in [2.45, 2.75) is 51.7 Å². The second kappa shape index (κ2) is 9.01. The topological polar surface area (TPSA) is 64.3 Å². The molecule has 0 bridgehead atoms. The van der Waals surface area contributed by atoms with Crippen molar-refractivity contribution < 1.29 is 9.53 Å². The third-order valence-electron chi connectivity index (χ3n) is 4.07. The summed E-state index contributed by atoms with van der Waals surface area (Å²) in [6, 6.07) is 8.09. The quantitative estimate of drug-likeness (QED) is 0.874. The van der Waals surface area contributed by atoms with Crippen LogP contribution in [0.4, 0.5) is 0 Å². The lowest BCUT2D eigenvalue weighted by Gasteiger charge is -2.26. The summed E-state index contributed by atoms with van der Waals surface area (Å²) < 4.78 is 5.86. The highest BCUT2D eigenvalue weighted by atomic mass is 35.5. The number of hydrogen-bond acceptors (Lipinski definition) is 3. The minimum atomic E-state index is -0.0488. The predicted molar refractivity (Wildman–Crippen MR) is 91.5 cm³/mol. The number of benzene rings is 1. The molecule has 0 saturated heterocycles. The minimum absolute atomic E-state index is 0. The van der Waals surface area contributed by atoms with E-state index in [0.717, 1.165) is 37.0 Å². The number of amides is 1. The van der Waals surface area contributed by atoms with E-state index < -0.39 is 0 Å². The Morgan fingerprint density at radius 3 is 2.82 bits per heavy atom. The van der Waals surface area contributed by atoms with Crippen LogP contribution >= 0.6 is 12.4 Å². The van der Waals surface area contributed by atoms with Gasteiger partial charge in [0.15, 0.2) is 0 Å². The van der Waals surface area contributed by atoms with Crippen LogP contribution in [0.3, 0.4) is 0 Å². The smallest absolute Gasteiger partial charge is 0.223 e. The normalized spacial score (nSPS) is 22.3. The first-order valence-corrected chi connectivity index (χ1v) is 7.82. The van der Waals surface area contributed by atoms with Crippen molar-refractivity contribution >= 4 is 18.3 Å². The average Bonchev–Trinajstić information content (AvgIpc) is 2.47. The highest BCUT2D eigenvalue weighted by Crippen LogP contribution is 2.23. The Morgan fingerprint density at radius 1 is 1.41 bits per heavy atom. The van der Waals surface area contributed by atoms with Gasteiger partial charge in [0.2, 0.25) is 5.91 Å². The van der Waals surface area contributed by atoms with Crippen LogP contribution < -0.4 is 15.8 Å². The Balaban J connectivity index is 0.00000242. The van der Waals surface area contributed by atoms with Crippen molar-refractivity contribution in [2.24, 2.45) is 11.7 Å². The molecule has 0 heterocycles. The molecule has 124 valence electrons. The van der Waals surface area contributed by atoms with Crippen LogP contribution in [0.1, 0.15) is 38.2 Å². The Kier molecular flexibility index (Phi) is 7.69. The fourth-order valence-electron chi connectivity index (χ4n) is 2.80. The van der Waals surface area contributed by atoms with E-state index in [1.807, 2.05) is 38.1 Å². The lowest BCUT2D eigenvalue weighted by molar-refractivity contribution is -0.126. The first-order valence-electron chi connectivity index (χ1n) is 7.82. The summed E-state index contributed by atoms with van der Waals surface area (Å²) >= 11 is 0. The number of ether oxygens (including phenoxy) is 1. The van der Waals surface area contributed by atoms with Crippen molar-refractivity contribution in [1.82, 2.24) is 5.32 Å². The average molecular weight is 327 g/mol. The van der Waals surface area contributed by atoms with E-state index >= 15 is 0 Å². The summed E-state index contributed by atoms with van der Waals surface area (Å²) in [7, 11) is 0. The molecule has 1 saturated carbocycles. The number of halogens is 1. The van der Waals surface area contributed by atoms with Gasteiger partial charge in [-0.1, -0.05) is 24.6 Å². The molecule has 0 aromatic heterocycles. The highest BCUT2D eigenvalue weighted by molar-refractivity contribution is 5.85. The molecule has 2 rings (SSSR count). The SMILES string of the molecule is Cc1ccccc1OC(C)CNC(=O)C1CCCC(N)C1.Cl.